The zero-order valence-corrected chi connectivity index (χ0v) is 12.1. The molecule has 0 aliphatic carbocycles. The predicted molar refractivity (Wildman–Crippen MR) is 80.3 cm³/mol. The molecule has 3 nitrogen and oxygen atoms in total. The third kappa shape index (κ3) is 4.35. The molecule has 1 fully saturated rings. The lowest BCUT2D eigenvalue weighted by Crippen LogP contribution is -2.36. The average Bonchev–Trinajstić information content (AvgIpc) is 2.47. The van der Waals surface area contributed by atoms with Crippen molar-refractivity contribution < 1.29 is 9.84 Å². The molecule has 20 heavy (non-hydrogen) atoms. The van der Waals surface area contributed by atoms with Gasteiger partial charge in [-0.3, -0.25) is 4.90 Å². The highest BCUT2D eigenvalue weighted by Gasteiger charge is 2.20. The monoisotopic (exact) mass is 273 g/mol. The quantitative estimate of drug-likeness (QED) is 0.850. The molecule has 1 N–H and O–H groups in total. The van der Waals surface area contributed by atoms with Gasteiger partial charge in [-0.05, 0) is 36.9 Å². The molecule has 0 spiro atoms. The molecule has 1 unspecified atom stereocenters. The van der Waals surface area contributed by atoms with Crippen molar-refractivity contribution in [3.05, 3.63) is 35.4 Å². The normalized spacial score (nSPS) is 19.4. The van der Waals surface area contributed by atoms with Crippen LogP contribution in [0.4, 0.5) is 0 Å². The van der Waals surface area contributed by atoms with Crippen LogP contribution in [0.2, 0.25) is 0 Å². The fourth-order valence-electron chi connectivity index (χ4n) is 2.82. The summed E-state index contributed by atoms with van der Waals surface area (Å²) < 4.78 is 5.28. The average molecular weight is 273 g/mol. The molecule has 0 saturated carbocycles. The highest BCUT2D eigenvalue weighted by molar-refractivity contribution is 5.41. The Morgan fingerprint density at radius 3 is 3.05 bits per heavy atom. The first-order valence-corrected chi connectivity index (χ1v) is 7.22. The van der Waals surface area contributed by atoms with Gasteiger partial charge in [-0.1, -0.05) is 30.0 Å². The number of rotatable bonds is 4. The van der Waals surface area contributed by atoms with Gasteiger partial charge in [-0.25, -0.2) is 0 Å². The minimum Gasteiger partial charge on any atom is -0.384 e. The van der Waals surface area contributed by atoms with Crippen LogP contribution in [0, 0.1) is 17.8 Å². The van der Waals surface area contributed by atoms with Gasteiger partial charge in [0.25, 0.3) is 0 Å². The van der Waals surface area contributed by atoms with Crippen molar-refractivity contribution in [3.63, 3.8) is 0 Å². The maximum Gasteiger partial charge on any atom is 0.104 e. The van der Waals surface area contributed by atoms with E-state index in [1.54, 1.807) is 7.11 Å². The highest BCUT2D eigenvalue weighted by atomic mass is 16.5. The lowest BCUT2D eigenvalue weighted by molar-refractivity contribution is 0.0873. The molecular formula is C17H23NO2. The first-order chi connectivity index (χ1) is 9.83. The summed E-state index contributed by atoms with van der Waals surface area (Å²) >= 11 is 0. The van der Waals surface area contributed by atoms with Crippen molar-refractivity contribution in [2.75, 3.05) is 33.4 Å². The summed E-state index contributed by atoms with van der Waals surface area (Å²) in [6.45, 7) is 3.92. The van der Waals surface area contributed by atoms with Crippen LogP contribution in [0.15, 0.2) is 24.3 Å². The third-order valence-electron chi connectivity index (χ3n) is 3.72. The third-order valence-corrected chi connectivity index (χ3v) is 3.72. The number of piperidine rings is 1. The Kier molecular flexibility index (Phi) is 6.07. The molecule has 1 heterocycles. The Morgan fingerprint density at radius 1 is 1.40 bits per heavy atom. The minimum atomic E-state index is -0.0893. The number of aliphatic hydroxyl groups is 1. The molecule has 2 rings (SSSR count). The Morgan fingerprint density at radius 2 is 2.25 bits per heavy atom. The van der Waals surface area contributed by atoms with Crippen LogP contribution in [0.3, 0.4) is 0 Å². The molecule has 1 aromatic carbocycles. The van der Waals surface area contributed by atoms with E-state index in [-0.39, 0.29) is 6.61 Å². The molecule has 1 atom stereocenters. The van der Waals surface area contributed by atoms with E-state index >= 15 is 0 Å². The Hall–Kier alpha value is -1.34. The lowest BCUT2D eigenvalue weighted by Gasteiger charge is -2.32. The summed E-state index contributed by atoms with van der Waals surface area (Å²) in [6, 6.07) is 8.20. The fraction of sp³-hybridized carbons (Fsp3) is 0.529. The Bertz CT molecular complexity index is 473. The summed E-state index contributed by atoms with van der Waals surface area (Å²) in [7, 11) is 1.78. The number of aliphatic hydroxyl groups excluding tert-OH is 1. The van der Waals surface area contributed by atoms with E-state index in [0.29, 0.717) is 5.92 Å². The van der Waals surface area contributed by atoms with Crippen LogP contribution in [0.1, 0.15) is 24.0 Å². The van der Waals surface area contributed by atoms with Gasteiger partial charge < -0.3 is 9.84 Å². The molecule has 3 heteroatoms. The van der Waals surface area contributed by atoms with E-state index in [1.807, 2.05) is 12.1 Å². The van der Waals surface area contributed by atoms with Gasteiger partial charge in [-0.2, -0.15) is 0 Å². The molecule has 0 aromatic heterocycles. The van der Waals surface area contributed by atoms with Crippen molar-refractivity contribution in [2.45, 2.75) is 19.4 Å². The summed E-state index contributed by atoms with van der Waals surface area (Å²) in [5.74, 6) is 6.42. The number of hydrogen-bond acceptors (Lipinski definition) is 3. The molecule has 0 amide bonds. The zero-order valence-electron chi connectivity index (χ0n) is 12.1. The smallest absolute Gasteiger partial charge is 0.104 e. The van der Waals surface area contributed by atoms with Gasteiger partial charge >= 0.3 is 0 Å². The number of hydrogen-bond donors (Lipinski definition) is 1. The van der Waals surface area contributed by atoms with Crippen molar-refractivity contribution in [3.8, 4) is 11.8 Å². The molecule has 0 bridgehead atoms. The summed E-state index contributed by atoms with van der Waals surface area (Å²) in [5.41, 5.74) is 2.27. The Labute approximate surface area is 121 Å². The van der Waals surface area contributed by atoms with Gasteiger partial charge in [0.15, 0.2) is 0 Å². The Balaban J connectivity index is 2.02. The standard InChI is InChI=1S/C17H23NO2/c1-20-14-15-6-4-10-18(12-15)13-17-8-3-2-7-16(17)9-5-11-19/h2-3,7-8,15,19H,4,6,10-14H2,1H3. The van der Waals surface area contributed by atoms with Gasteiger partial charge in [0.05, 0.1) is 6.61 Å². The molecule has 108 valence electrons. The number of ether oxygens (including phenoxy) is 1. The molecule has 1 aliphatic heterocycles. The van der Waals surface area contributed by atoms with Gasteiger partial charge in [0, 0.05) is 25.8 Å². The summed E-state index contributed by atoms with van der Waals surface area (Å²) in [4.78, 5) is 2.48. The van der Waals surface area contributed by atoms with Crippen LogP contribution in [0.5, 0.6) is 0 Å². The summed E-state index contributed by atoms with van der Waals surface area (Å²) in [6.07, 6.45) is 2.49. The van der Waals surface area contributed by atoms with E-state index in [2.05, 4.69) is 28.9 Å². The van der Waals surface area contributed by atoms with E-state index in [1.165, 1.54) is 18.4 Å². The maximum absolute atomic E-state index is 8.84. The van der Waals surface area contributed by atoms with E-state index in [4.69, 9.17) is 9.84 Å². The molecule has 1 saturated heterocycles. The van der Waals surface area contributed by atoms with Crippen LogP contribution in [-0.2, 0) is 11.3 Å². The number of methoxy groups -OCH3 is 1. The largest absolute Gasteiger partial charge is 0.384 e. The van der Waals surface area contributed by atoms with E-state index < -0.39 is 0 Å². The summed E-state index contributed by atoms with van der Waals surface area (Å²) in [5, 5.41) is 8.84. The fourth-order valence-corrected chi connectivity index (χ4v) is 2.82. The zero-order chi connectivity index (χ0) is 14.2. The van der Waals surface area contributed by atoms with Crippen LogP contribution >= 0.6 is 0 Å². The molecule has 1 aromatic rings. The van der Waals surface area contributed by atoms with E-state index in [0.717, 1.165) is 31.8 Å². The van der Waals surface area contributed by atoms with E-state index in [9.17, 15) is 0 Å². The molecule has 0 radical (unpaired) electrons. The minimum absolute atomic E-state index is 0.0893. The van der Waals surface area contributed by atoms with Crippen LogP contribution in [-0.4, -0.2) is 43.4 Å². The second-order valence-electron chi connectivity index (χ2n) is 5.32. The van der Waals surface area contributed by atoms with Crippen LogP contribution < -0.4 is 0 Å². The predicted octanol–water partition coefficient (Wildman–Crippen LogP) is 1.89. The topological polar surface area (TPSA) is 32.7 Å². The second-order valence-corrected chi connectivity index (χ2v) is 5.32. The van der Waals surface area contributed by atoms with Gasteiger partial charge in [0.2, 0.25) is 0 Å². The highest BCUT2D eigenvalue weighted by Crippen LogP contribution is 2.20. The molecular weight excluding hydrogens is 250 g/mol. The molecule has 1 aliphatic rings. The van der Waals surface area contributed by atoms with Gasteiger partial charge in [-0.15, -0.1) is 0 Å². The number of benzene rings is 1. The first-order valence-electron chi connectivity index (χ1n) is 7.22. The lowest BCUT2D eigenvalue weighted by atomic mass is 9.98. The van der Waals surface area contributed by atoms with Crippen molar-refractivity contribution in [1.82, 2.24) is 4.90 Å². The van der Waals surface area contributed by atoms with Gasteiger partial charge in [0.1, 0.15) is 6.61 Å². The second kappa shape index (κ2) is 8.06. The maximum atomic E-state index is 8.84. The number of nitrogens with zero attached hydrogens (tertiary/aromatic N) is 1. The SMILES string of the molecule is COCC1CCCN(Cc2ccccc2C#CCO)C1. The first kappa shape index (κ1) is 15.1. The van der Waals surface area contributed by atoms with Crippen molar-refractivity contribution in [2.24, 2.45) is 5.92 Å². The van der Waals surface area contributed by atoms with Crippen molar-refractivity contribution >= 4 is 0 Å². The number of likely N-dealkylation sites (tertiary alicyclic amines) is 1. The van der Waals surface area contributed by atoms with Crippen LogP contribution in [0.25, 0.3) is 0 Å². The van der Waals surface area contributed by atoms with Crippen molar-refractivity contribution in [1.29, 1.82) is 0 Å².